The lowest BCUT2D eigenvalue weighted by Crippen LogP contribution is -2.44. The Kier molecular flexibility index (Phi) is 7.83. The third-order valence-electron chi connectivity index (χ3n) is 2.56. The summed E-state index contributed by atoms with van der Waals surface area (Å²) in [5.41, 5.74) is 0. The number of rotatable bonds is 8. The second-order valence-corrected chi connectivity index (χ2v) is 10.4. The molecule has 1 rings (SSSR count). The zero-order chi connectivity index (χ0) is 17.7. The fourth-order valence-electron chi connectivity index (χ4n) is 1.67. The summed E-state index contributed by atoms with van der Waals surface area (Å²) in [4.78, 5) is -0.0706. The maximum atomic E-state index is 12.8. The van der Waals surface area contributed by atoms with E-state index in [-0.39, 0.29) is 18.1 Å². The van der Waals surface area contributed by atoms with E-state index >= 15 is 0 Å². The molecule has 0 radical (unpaired) electrons. The van der Waals surface area contributed by atoms with Crippen molar-refractivity contribution in [3.8, 4) is 0 Å². The van der Waals surface area contributed by atoms with Gasteiger partial charge >= 0.3 is 7.60 Å². The summed E-state index contributed by atoms with van der Waals surface area (Å²) in [6.45, 7) is 3.10. The lowest BCUT2D eigenvalue weighted by Gasteiger charge is -2.31. The molecule has 0 fully saturated rings. The topological polar surface area (TPSA) is 81.7 Å². The molecule has 23 heavy (non-hydrogen) atoms. The van der Waals surface area contributed by atoms with E-state index < -0.39 is 27.2 Å². The van der Waals surface area contributed by atoms with Gasteiger partial charge in [0.25, 0.3) is 0 Å². The maximum absolute atomic E-state index is 12.8. The summed E-state index contributed by atoms with van der Waals surface area (Å²) in [5.74, 6) is -1.70. The highest BCUT2D eigenvalue weighted by Gasteiger charge is 2.50. The quantitative estimate of drug-likeness (QED) is 0.505. The van der Waals surface area contributed by atoms with Crippen molar-refractivity contribution in [1.29, 1.82) is 0 Å². The predicted molar refractivity (Wildman–Crippen MR) is 91.7 cm³/mol. The molecule has 1 atom stereocenters. The summed E-state index contributed by atoms with van der Waals surface area (Å²) < 4.78 is 47.8. The minimum Gasteiger partial charge on any atom is -0.308 e. The van der Waals surface area contributed by atoms with Crippen LogP contribution in [0.15, 0.2) is 35.2 Å². The van der Waals surface area contributed by atoms with Crippen LogP contribution in [0.3, 0.4) is 0 Å². The minimum absolute atomic E-state index is 0.0123. The van der Waals surface area contributed by atoms with Gasteiger partial charge in [0.15, 0.2) is 5.78 Å². The largest absolute Gasteiger partial charge is 0.352 e. The Morgan fingerprint density at radius 3 is 2.00 bits per heavy atom. The van der Waals surface area contributed by atoms with Crippen molar-refractivity contribution in [2.45, 2.75) is 28.3 Å². The molecule has 1 aromatic rings. The van der Waals surface area contributed by atoms with Crippen LogP contribution in [0.1, 0.15) is 13.8 Å². The number of halogens is 3. The monoisotopic (exact) mass is 423 g/mol. The third kappa shape index (κ3) is 5.87. The summed E-state index contributed by atoms with van der Waals surface area (Å²) in [5, 5.41) is 0. The standard InChI is InChI=1S/C12H17Cl3NO5PS/c1-3-20-22(17,21-4-2)11(12(13,14)15)16-23(18,19)10-8-6-5-7-9-10/h5-9,11,16H,3-4H2,1-2H3/t11-/m1/s1. The molecule has 0 aliphatic carbocycles. The predicted octanol–water partition coefficient (Wildman–Crippen LogP) is 3.93. The Labute approximate surface area is 151 Å². The van der Waals surface area contributed by atoms with E-state index in [9.17, 15) is 13.0 Å². The highest BCUT2D eigenvalue weighted by atomic mass is 35.6. The van der Waals surface area contributed by atoms with Gasteiger partial charge in [-0.2, -0.15) is 4.72 Å². The molecule has 0 aliphatic rings. The summed E-state index contributed by atoms with van der Waals surface area (Å²) >= 11 is 17.5. The minimum atomic E-state index is -4.10. The first-order valence-corrected chi connectivity index (χ1v) is 10.8. The average Bonchev–Trinajstić information content (AvgIpc) is 2.45. The summed E-state index contributed by atoms with van der Waals surface area (Å²) in [7, 11) is -8.15. The van der Waals surface area contributed by atoms with Gasteiger partial charge in [0.2, 0.25) is 13.8 Å². The molecule has 0 aliphatic heterocycles. The highest BCUT2D eigenvalue weighted by Crippen LogP contribution is 2.59. The molecule has 0 saturated carbocycles. The van der Waals surface area contributed by atoms with Gasteiger partial charge in [-0.25, -0.2) is 8.42 Å². The van der Waals surface area contributed by atoms with Crippen molar-refractivity contribution in [3.05, 3.63) is 30.3 Å². The van der Waals surface area contributed by atoms with Crippen molar-refractivity contribution in [2.24, 2.45) is 0 Å². The molecule has 132 valence electrons. The number of nitrogens with one attached hydrogen (secondary N) is 1. The number of hydrogen-bond donors (Lipinski definition) is 1. The molecule has 0 saturated heterocycles. The molecule has 1 N–H and O–H groups in total. The molecule has 0 spiro atoms. The first kappa shape index (κ1) is 21.2. The van der Waals surface area contributed by atoms with Gasteiger partial charge in [0, 0.05) is 0 Å². The van der Waals surface area contributed by atoms with Crippen molar-refractivity contribution in [2.75, 3.05) is 13.2 Å². The SMILES string of the molecule is CCOP(=O)(OCC)[C@@H](NS(=O)(=O)c1ccccc1)C(Cl)(Cl)Cl. The van der Waals surface area contributed by atoms with Crippen molar-refractivity contribution >= 4 is 52.4 Å². The third-order valence-corrected chi connectivity index (χ3v) is 7.67. The van der Waals surface area contributed by atoms with Gasteiger partial charge in [-0.1, -0.05) is 53.0 Å². The maximum Gasteiger partial charge on any atom is 0.352 e. The molecular weight excluding hydrogens is 408 g/mol. The Morgan fingerprint density at radius 2 is 1.61 bits per heavy atom. The van der Waals surface area contributed by atoms with E-state index in [2.05, 4.69) is 4.72 Å². The second-order valence-electron chi connectivity index (χ2n) is 4.25. The Bertz CT molecular complexity index is 640. The molecule has 11 heteroatoms. The van der Waals surface area contributed by atoms with Crippen LogP contribution in [0.5, 0.6) is 0 Å². The van der Waals surface area contributed by atoms with Crippen LogP contribution in [0.25, 0.3) is 0 Å². The van der Waals surface area contributed by atoms with Crippen LogP contribution in [-0.4, -0.2) is 31.2 Å². The van der Waals surface area contributed by atoms with Gasteiger partial charge in [-0.15, -0.1) is 0 Å². The zero-order valence-electron chi connectivity index (χ0n) is 12.4. The van der Waals surface area contributed by atoms with Crippen molar-refractivity contribution in [1.82, 2.24) is 4.72 Å². The van der Waals surface area contributed by atoms with E-state index in [0.717, 1.165) is 0 Å². The van der Waals surface area contributed by atoms with E-state index in [4.69, 9.17) is 43.9 Å². The summed E-state index contributed by atoms with van der Waals surface area (Å²) in [6, 6.07) is 7.41. The molecule has 6 nitrogen and oxygen atoms in total. The van der Waals surface area contributed by atoms with E-state index in [1.165, 1.54) is 24.3 Å². The molecule has 0 unspecified atom stereocenters. The second kappa shape index (κ2) is 8.50. The summed E-state index contributed by atoms with van der Waals surface area (Å²) in [6.07, 6.45) is 0. The average molecular weight is 425 g/mol. The van der Waals surface area contributed by atoms with E-state index in [0.29, 0.717) is 0 Å². The van der Waals surface area contributed by atoms with Gasteiger partial charge < -0.3 is 9.05 Å². The van der Waals surface area contributed by atoms with Crippen LogP contribution in [-0.2, 0) is 23.6 Å². The van der Waals surface area contributed by atoms with E-state index in [1.54, 1.807) is 19.9 Å². The number of benzene rings is 1. The molecule has 0 amide bonds. The van der Waals surface area contributed by atoms with Crippen molar-refractivity contribution < 1.29 is 22.0 Å². The lowest BCUT2D eigenvalue weighted by atomic mass is 10.4. The number of sulfonamides is 1. The van der Waals surface area contributed by atoms with Crippen molar-refractivity contribution in [3.63, 3.8) is 0 Å². The van der Waals surface area contributed by atoms with Crippen LogP contribution in [0.4, 0.5) is 0 Å². The Morgan fingerprint density at radius 1 is 1.13 bits per heavy atom. The van der Waals surface area contributed by atoms with Crippen LogP contribution in [0, 0.1) is 0 Å². The lowest BCUT2D eigenvalue weighted by molar-refractivity contribution is 0.210. The highest BCUT2D eigenvalue weighted by molar-refractivity contribution is 7.89. The molecule has 1 aromatic carbocycles. The Hall–Kier alpha value is 0.150. The molecule has 0 bridgehead atoms. The zero-order valence-corrected chi connectivity index (χ0v) is 16.4. The first-order chi connectivity index (χ1) is 10.6. The van der Waals surface area contributed by atoms with Gasteiger partial charge in [0.1, 0.15) is 0 Å². The molecular formula is C12H17Cl3NO5PS. The number of alkyl halides is 3. The van der Waals surface area contributed by atoms with Crippen LogP contribution in [0.2, 0.25) is 0 Å². The Balaban J connectivity index is 3.26. The fraction of sp³-hybridized carbons (Fsp3) is 0.500. The van der Waals surface area contributed by atoms with Gasteiger partial charge in [-0.05, 0) is 26.0 Å². The fourth-order valence-corrected chi connectivity index (χ4v) is 6.61. The molecule has 0 heterocycles. The van der Waals surface area contributed by atoms with Gasteiger partial charge in [-0.3, -0.25) is 4.57 Å². The van der Waals surface area contributed by atoms with Gasteiger partial charge in [0.05, 0.1) is 18.1 Å². The van der Waals surface area contributed by atoms with E-state index in [1.807, 2.05) is 0 Å². The van der Waals surface area contributed by atoms with Crippen LogP contribution >= 0.6 is 42.4 Å². The van der Waals surface area contributed by atoms with Crippen LogP contribution < -0.4 is 4.72 Å². The number of hydrogen-bond acceptors (Lipinski definition) is 5. The first-order valence-electron chi connectivity index (χ1n) is 6.59. The molecule has 0 aromatic heterocycles. The smallest absolute Gasteiger partial charge is 0.308 e. The normalized spacial score (nSPS) is 14.7.